The molecule has 5 rings (SSSR count). The number of halogens is 1. The van der Waals surface area contributed by atoms with Crippen molar-refractivity contribution in [1.82, 2.24) is 20.3 Å². The van der Waals surface area contributed by atoms with E-state index in [2.05, 4.69) is 44.8 Å². The third-order valence-corrected chi connectivity index (χ3v) is 7.00. The maximum absolute atomic E-state index is 12.6. The minimum atomic E-state index is -0.0950. The van der Waals surface area contributed by atoms with Crippen molar-refractivity contribution in [2.24, 2.45) is 0 Å². The van der Waals surface area contributed by atoms with Gasteiger partial charge in [0.2, 0.25) is 5.91 Å². The van der Waals surface area contributed by atoms with E-state index in [1.807, 2.05) is 24.3 Å². The van der Waals surface area contributed by atoms with Gasteiger partial charge in [0.25, 0.3) is 0 Å². The molecule has 0 saturated carbocycles. The Morgan fingerprint density at radius 3 is 2.26 bits per heavy atom. The number of aromatic nitrogens is 3. The fourth-order valence-corrected chi connectivity index (χ4v) is 5.11. The summed E-state index contributed by atoms with van der Waals surface area (Å²) in [5.74, 6) is -0.174. The summed E-state index contributed by atoms with van der Waals surface area (Å²) in [6.07, 6.45) is 2.00. The lowest BCUT2D eigenvalue weighted by molar-refractivity contribution is -0.121. The SMILES string of the molecule is O=C(CCN1c2ccccc2Sc2ccccc21)NCc1cn(CC(=O)c2ccc(Cl)cc2)nn1. The van der Waals surface area contributed by atoms with Crippen LogP contribution in [0.25, 0.3) is 0 Å². The second-order valence-corrected chi connectivity index (χ2v) is 9.57. The molecule has 0 saturated heterocycles. The second-order valence-electron chi connectivity index (χ2n) is 8.05. The molecule has 1 aliphatic rings. The van der Waals surface area contributed by atoms with E-state index >= 15 is 0 Å². The van der Waals surface area contributed by atoms with Crippen LogP contribution in [0.2, 0.25) is 5.02 Å². The van der Waals surface area contributed by atoms with Gasteiger partial charge in [0.15, 0.2) is 5.78 Å². The molecule has 0 spiro atoms. The molecule has 0 unspecified atom stereocenters. The van der Waals surface area contributed by atoms with Gasteiger partial charge in [-0.1, -0.05) is 52.8 Å². The van der Waals surface area contributed by atoms with Crippen molar-refractivity contribution in [3.05, 3.63) is 95.3 Å². The van der Waals surface area contributed by atoms with Crippen molar-refractivity contribution < 1.29 is 9.59 Å². The Bertz CT molecular complexity index is 1330. The number of rotatable bonds is 8. The molecular weight excluding hydrogens is 482 g/mol. The second kappa shape index (κ2) is 10.3. The van der Waals surface area contributed by atoms with E-state index in [4.69, 9.17) is 11.6 Å². The molecule has 3 aromatic carbocycles. The summed E-state index contributed by atoms with van der Waals surface area (Å²) in [7, 11) is 0. The summed E-state index contributed by atoms with van der Waals surface area (Å²) in [6, 6.07) is 23.2. The monoisotopic (exact) mass is 503 g/mol. The van der Waals surface area contributed by atoms with Gasteiger partial charge in [-0.05, 0) is 48.5 Å². The van der Waals surface area contributed by atoms with E-state index in [-0.39, 0.29) is 24.8 Å². The standard InChI is InChI=1S/C26H22ClN5O2S/c27-19-11-9-18(10-12-19)23(33)17-31-16-20(29-30-31)15-28-26(34)13-14-32-21-5-1-3-7-24(21)35-25-8-4-2-6-22(25)32/h1-12,16H,13-15,17H2,(H,28,34). The molecule has 7 nitrogen and oxygen atoms in total. The van der Waals surface area contributed by atoms with Crippen LogP contribution in [-0.2, 0) is 17.9 Å². The molecule has 9 heteroatoms. The maximum atomic E-state index is 12.6. The summed E-state index contributed by atoms with van der Waals surface area (Å²) in [6.45, 7) is 0.869. The van der Waals surface area contributed by atoms with Gasteiger partial charge < -0.3 is 10.2 Å². The van der Waals surface area contributed by atoms with Crippen LogP contribution in [-0.4, -0.2) is 33.2 Å². The number of carbonyl (C=O) groups excluding carboxylic acids is 2. The lowest BCUT2D eigenvalue weighted by atomic mass is 10.1. The van der Waals surface area contributed by atoms with Crippen LogP contribution in [0, 0.1) is 0 Å². The van der Waals surface area contributed by atoms with E-state index in [9.17, 15) is 9.59 Å². The molecule has 35 heavy (non-hydrogen) atoms. The van der Waals surface area contributed by atoms with Gasteiger partial charge in [-0.15, -0.1) is 5.10 Å². The van der Waals surface area contributed by atoms with Crippen molar-refractivity contribution in [3.63, 3.8) is 0 Å². The number of hydrogen-bond donors (Lipinski definition) is 1. The number of nitrogens with one attached hydrogen (secondary N) is 1. The quantitative estimate of drug-likeness (QED) is 0.336. The minimum absolute atomic E-state index is 0.0639. The van der Waals surface area contributed by atoms with E-state index in [0.29, 0.717) is 29.2 Å². The van der Waals surface area contributed by atoms with Crippen molar-refractivity contribution >= 4 is 46.4 Å². The van der Waals surface area contributed by atoms with Crippen molar-refractivity contribution in [1.29, 1.82) is 0 Å². The zero-order valence-corrected chi connectivity index (χ0v) is 20.3. The Labute approximate surface area is 212 Å². The first kappa shape index (κ1) is 23.1. The fourth-order valence-electron chi connectivity index (χ4n) is 3.88. The van der Waals surface area contributed by atoms with Crippen molar-refractivity contribution in [3.8, 4) is 0 Å². The summed E-state index contributed by atoms with van der Waals surface area (Å²) in [5, 5.41) is 11.6. The number of benzene rings is 3. The summed E-state index contributed by atoms with van der Waals surface area (Å²) < 4.78 is 1.47. The molecule has 2 heterocycles. The number of amides is 1. The Morgan fingerprint density at radius 2 is 1.57 bits per heavy atom. The first-order chi connectivity index (χ1) is 17.1. The summed E-state index contributed by atoms with van der Waals surface area (Å²) >= 11 is 7.62. The van der Waals surface area contributed by atoms with E-state index in [1.165, 1.54) is 14.5 Å². The minimum Gasteiger partial charge on any atom is -0.350 e. The van der Waals surface area contributed by atoms with Gasteiger partial charge in [0.1, 0.15) is 12.2 Å². The number of ketones is 1. The average Bonchev–Trinajstić information content (AvgIpc) is 3.32. The van der Waals surface area contributed by atoms with Gasteiger partial charge in [-0.2, -0.15) is 0 Å². The molecule has 0 fully saturated rings. The smallest absolute Gasteiger partial charge is 0.222 e. The van der Waals surface area contributed by atoms with Crippen LogP contribution in [0.5, 0.6) is 0 Å². The van der Waals surface area contributed by atoms with E-state index in [1.54, 1.807) is 42.2 Å². The summed E-state index contributed by atoms with van der Waals surface area (Å²) in [4.78, 5) is 29.6. The van der Waals surface area contributed by atoms with Crippen LogP contribution in [0.4, 0.5) is 11.4 Å². The highest BCUT2D eigenvalue weighted by Gasteiger charge is 2.23. The van der Waals surface area contributed by atoms with Gasteiger partial charge in [0.05, 0.1) is 24.1 Å². The van der Waals surface area contributed by atoms with Gasteiger partial charge in [-0.3, -0.25) is 9.59 Å². The Hall–Kier alpha value is -3.62. The molecular formula is C26H22ClN5O2S. The molecule has 0 aliphatic carbocycles. The number of hydrogen-bond acceptors (Lipinski definition) is 6. The molecule has 1 N–H and O–H groups in total. The number of fused-ring (bicyclic) bond motifs is 2. The third kappa shape index (κ3) is 5.39. The molecule has 0 radical (unpaired) electrons. The van der Waals surface area contributed by atoms with Gasteiger partial charge in [-0.25, -0.2) is 4.68 Å². The largest absolute Gasteiger partial charge is 0.350 e. The van der Waals surface area contributed by atoms with Crippen molar-refractivity contribution in [2.45, 2.75) is 29.3 Å². The first-order valence-electron chi connectivity index (χ1n) is 11.1. The first-order valence-corrected chi connectivity index (χ1v) is 12.3. The predicted octanol–water partition coefficient (Wildman–Crippen LogP) is 5.12. The highest BCUT2D eigenvalue weighted by molar-refractivity contribution is 7.99. The summed E-state index contributed by atoms with van der Waals surface area (Å²) in [5.41, 5.74) is 3.36. The molecule has 4 aromatic rings. The van der Waals surface area contributed by atoms with Crippen LogP contribution in [0.3, 0.4) is 0 Å². The lowest BCUT2D eigenvalue weighted by Crippen LogP contribution is -2.29. The molecule has 1 amide bonds. The van der Waals surface area contributed by atoms with Gasteiger partial charge >= 0.3 is 0 Å². The molecule has 1 aliphatic heterocycles. The molecule has 176 valence electrons. The van der Waals surface area contributed by atoms with Crippen LogP contribution in [0.1, 0.15) is 22.5 Å². The highest BCUT2D eigenvalue weighted by Crippen LogP contribution is 2.47. The fraction of sp³-hybridized carbons (Fsp3) is 0.154. The number of anilines is 2. The van der Waals surface area contributed by atoms with Crippen LogP contribution < -0.4 is 10.2 Å². The van der Waals surface area contributed by atoms with E-state index < -0.39 is 0 Å². The van der Waals surface area contributed by atoms with Crippen molar-refractivity contribution in [2.75, 3.05) is 11.4 Å². The zero-order valence-electron chi connectivity index (χ0n) is 18.7. The number of nitrogens with zero attached hydrogens (tertiary/aromatic N) is 4. The van der Waals surface area contributed by atoms with Crippen LogP contribution >= 0.6 is 23.4 Å². The number of carbonyl (C=O) groups is 2. The Morgan fingerprint density at radius 1 is 0.914 bits per heavy atom. The third-order valence-electron chi connectivity index (χ3n) is 5.62. The van der Waals surface area contributed by atoms with E-state index in [0.717, 1.165) is 11.4 Å². The Balaban J connectivity index is 1.16. The topological polar surface area (TPSA) is 80.1 Å². The van der Waals surface area contributed by atoms with Gasteiger partial charge in [0, 0.05) is 33.3 Å². The number of Topliss-reactive ketones (excluding diaryl/α,β-unsaturated/α-hetero) is 1. The molecule has 0 atom stereocenters. The maximum Gasteiger partial charge on any atom is 0.222 e. The molecule has 1 aromatic heterocycles. The Kier molecular flexibility index (Phi) is 6.83. The molecule has 0 bridgehead atoms. The zero-order chi connectivity index (χ0) is 24.2. The average molecular weight is 504 g/mol. The highest BCUT2D eigenvalue weighted by atomic mass is 35.5. The number of para-hydroxylation sites is 2. The van der Waals surface area contributed by atoms with Crippen LogP contribution in [0.15, 0.2) is 88.8 Å². The predicted molar refractivity (Wildman–Crippen MR) is 136 cm³/mol. The normalized spacial score (nSPS) is 12.1. The lowest BCUT2D eigenvalue weighted by Gasteiger charge is -2.32.